The van der Waals surface area contributed by atoms with Crippen LogP contribution in [0.15, 0.2) is 35.9 Å². The Morgan fingerprint density at radius 1 is 1.47 bits per heavy atom. The number of carbonyl (C=O) groups is 1. The van der Waals surface area contributed by atoms with Gasteiger partial charge in [0, 0.05) is 12.7 Å². The maximum absolute atomic E-state index is 10.5. The first-order valence-electron chi connectivity index (χ1n) is 5.24. The molecular weight excluding hydrogens is 220 g/mol. The van der Waals surface area contributed by atoms with E-state index in [2.05, 4.69) is 0 Å². The summed E-state index contributed by atoms with van der Waals surface area (Å²) in [6, 6.07) is 7.50. The zero-order valence-corrected chi connectivity index (χ0v) is 9.97. The summed E-state index contributed by atoms with van der Waals surface area (Å²) in [4.78, 5) is 10.5. The van der Waals surface area contributed by atoms with Crippen LogP contribution in [0.1, 0.15) is 12.5 Å². The number of carboxylic acid groups (broad SMARTS) is 1. The van der Waals surface area contributed by atoms with Gasteiger partial charge in [-0.1, -0.05) is 12.1 Å². The molecule has 1 aromatic rings. The SMILES string of the molecule is COCc1cccc(OCC=C(C)C(=O)O)c1. The van der Waals surface area contributed by atoms with E-state index in [0.29, 0.717) is 12.4 Å². The third kappa shape index (κ3) is 4.70. The van der Waals surface area contributed by atoms with Gasteiger partial charge in [-0.25, -0.2) is 4.79 Å². The summed E-state index contributed by atoms with van der Waals surface area (Å²) in [7, 11) is 1.63. The molecular formula is C13H16O4. The molecule has 0 saturated carbocycles. The average Bonchev–Trinajstić information content (AvgIpc) is 2.29. The summed E-state index contributed by atoms with van der Waals surface area (Å²) in [5, 5.41) is 8.65. The van der Waals surface area contributed by atoms with Gasteiger partial charge in [-0.05, 0) is 30.7 Å². The molecule has 4 heteroatoms. The molecule has 0 spiro atoms. The Balaban J connectivity index is 2.54. The van der Waals surface area contributed by atoms with E-state index in [1.54, 1.807) is 7.11 Å². The van der Waals surface area contributed by atoms with E-state index in [1.165, 1.54) is 13.0 Å². The number of ether oxygens (including phenoxy) is 2. The van der Waals surface area contributed by atoms with Crippen LogP contribution in [0, 0.1) is 0 Å². The van der Waals surface area contributed by atoms with E-state index in [0.717, 1.165) is 5.56 Å². The molecule has 0 amide bonds. The molecule has 0 aromatic heterocycles. The first-order chi connectivity index (χ1) is 8.13. The first kappa shape index (κ1) is 13.3. The molecule has 0 unspecified atom stereocenters. The molecule has 0 fully saturated rings. The van der Waals surface area contributed by atoms with Crippen LogP contribution in [0.3, 0.4) is 0 Å². The fraction of sp³-hybridized carbons (Fsp3) is 0.308. The van der Waals surface area contributed by atoms with Gasteiger partial charge in [0.1, 0.15) is 12.4 Å². The molecule has 0 atom stereocenters. The summed E-state index contributed by atoms with van der Waals surface area (Å²) in [6.07, 6.45) is 1.53. The molecule has 0 heterocycles. The summed E-state index contributed by atoms with van der Waals surface area (Å²) >= 11 is 0. The second kappa shape index (κ2) is 6.70. The van der Waals surface area contributed by atoms with E-state index in [1.807, 2.05) is 24.3 Å². The van der Waals surface area contributed by atoms with Crippen molar-refractivity contribution in [1.82, 2.24) is 0 Å². The third-order valence-corrected chi connectivity index (χ3v) is 2.19. The van der Waals surface area contributed by atoms with Crippen molar-refractivity contribution in [1.29, 1.82) is 0 Å². The fourth-order valence-corrected chi connectivity index (χ4v) is 1.24. The zero-order chi connectivity index (χ0) is 12.7. The second-order valence-corrected chi connectivity index (χ2v) is 3.58. The van der Waals surface area contributed by atoms with Gasteiger partial charge in [0.2, 0.25) is 0 Å². The minimum atomic E-state index is -0.929. The summed E-state index contributed by atoms with van der Waals surface area (Å²) < 4.78 is 10.4. The van der Waals surface area contributed by atoms with Crippen LogP contribution in [0.2, 0.25) is 0 Å². The van der Waals surface area contributed by atoms with Gasteiger partial charge in [-0.15, -0.1) is 0 Å². The Labute approximate surface area is 100 Å². The molecule has 0 bridgehead atoms. The van der Waals surface area contributed by atoms with Crippen molar-refractivity contribution in [2.45, 2.75) is 13.5 Å². The summed E-state index contributed by atoms with van der Waals surface area (Å²) in [5.74, 6) is -0.226. The van der Waals surface area contributed by atoms with Gasteiger partial charge >= 0.3 is 5.97 Å². The lowest BCUT2D eigenvalue weighted by atomic mass is 10.2. The number of benzene rings is 1. The molecule has 0 aliphatic carbocycles. The van der Waals surface area contributed by atoms with Crippen molar-refractivity contribution >= 4 is 5.97 Å². The topological polar surface area (TPSA) is 55.8 Å². The highest BCUT2D eigenvalue weighted by Crippen LogP contribution is 2.14. The van der Waals surface area contributed by atoms with Crippen LogP contribution in [0.25, 0.3) is 0 Å². The van der Waals surface area contributed by atoms with Gasteiger partial charge < -0.3 is 14.6 Å². The van der Waals surface area contributed by atoms with Crippen molar-refractivity contribution in [2.24, 2.45) is 0 Å². The van der Waals surface area contributed by atoms with Crippen molar-refractivity contribution in [2.75, 3.05) is 13.7 Å². The Kier molecular flexibility index (Phi) is 5.23. The zero-order valence-electron chi connectivity index (χ0n) is 9.97. The van der Waals surface area contributed by atoms with E-state index in [-0.39, 0.29) is 12.2 Å². The van der Waals surface area contributed by atoms with Crippen molar-refractivity contribution in [3.05, 3.63) is 41.5 Å². The third-order valence-electron chi connectivity index (χ3n) is 2.19. The van der Waals surface area contributed by atoms with Gasteiger partial charge in [0.25, 0.3) is 0 Å². The summed E-state index contributed by atoms with van der Waals surface area (Å²) in [6.45, 7) is 2.31. The minimum absolute atomic E-state index is 0.245. The largest absolute Gasteiger partial charge is 0.490 e. The number of hydrogen-bond acceptors (Lipinski definition) is 3. The molecule has 1 aromatic carbocycles. The number of rotatable bonds is 6. The van der Waals surface area contributed by atoms with Gasteiger partial charge in [-0.3, -0.25) is 0 Å². The Morgan fingerprint density at radius 3 is 2.88 bits per heavy atom. The lowest BCUT2D eigenvalue weighted by Crippen LogP contribution is -2.01. The Bertz CT molecular complexity index is 410. The maximum atomic E-state index is 10.5. The van der Waals surface area contributed by atoms with Crippen molar-refractivity contribution in [3.63, 3.8) is 0 Å². The van der Waals surface area contributed by atoms with Crippen LogP contribution in [0.4, 0.5) is 0 Å². The molecule has 0 radical (unpaired) electrons. The first-order valence-corrected chi connectivity index (χ1v) is 5.24. The lowest BCUT2D eigenvalue weighted by Gasteiger charge is -2.05. The van der Waals surface area contributed by atoms with Crippen molar-refractivity contribution in [3.8, 4) is 5.75 Å². The lowest BCUT2D eigenvalue weighted by molar-refractivity contribution is -0.132. The standard InChI is InChI=1S/C13H16O4/c1-10(13(14)15)6-7-17-12-5-3-4-11(8-12)9-16-2/h3-6,8H,7,9H2,1-2H3,(H,14,15). The number of methoxy groups -OCH3 is 1. The molecule has 4 nitrogen and oxygen atoms in total. The molecule has 0 aliphatic heterocycles. The van der Waals surface area contributed by atoms with Crippen LogP contribution >= 0.6 is 0 Å². The normalized spacial score (nSPS) is 11.3. The van der Waals surface area contributed by atoms with E-state index in [4.69, 9.17) is 14.6 Å². The van der Waals surface area contributed by atoms with Gasteiger partial charge in [0.05, 0.1) is 6.61 Å². The van der Waals surface area contributed by atoms with Crippen molar-refractivity contribution < 1.29 is 19.4 Å². The fourth-order valence-electron chi connectivity index (χ4n) is 1.24. The molecule has 1 N–H and O–H groups in total. The Hall–Kier alpha value is -1.81. The highest BCUT2D eigenvalue weighted by molar-refractivity contribution is 5.85. The monoisotopic (exact) mass is 236 g/mol. The number of carboxylic acids is 1. The van der Waals surface area contributed by atoms with Gasteiger partial charge in [0.15, 0.2) is 0 Å². The molecule has 17 heavy (non-hydrogen) atoms. The average molecular weight is 236 g/mol. The van der Waals surface area contributed by atoms with Gasteiger partial charge in [-0.2, -0.15) is 0 Å². The smallest absolute Gasteiger partial charge is 0.331 e. The maximum Gasteiger partial charge on any atom is 0.331 e. The Morgan fingerprint density at radius 2 is 2.24 bits per heavy atom. The number of hydrogen-bond donors (Lipinski definition) is 1. The molecule has 0 saturated heterocycles. The van der Waals surface area contributed by atoms with Crippen LogP contribution in [-0.2, 0) is 16.1 Å². The van der Waals surface area contributed by atoms with E-state index < -0.39 is 5.97 Å². The van der Waals surface area contributed by atoms with E-state index >= 15 is 0 Å². The molecule has 0 aliphatic rings. The highest BCUT2D eigenvalue weighted by atomic mass is 16.5. The second-order valence-electron chi connectivity index (χ2n) is 3.58. The van der Waals surface area contributed by atoms with Crippen LogP contribution in [0.5, 0.6) is 5.75 Å². The van der Waals surface area contributed by atoms with Crippen LogP contribution in [-0.4, -0.2) is 24.8 Å². The quantitative estimate of drug-likeness (QED) is 0.769. The predicted octanol–water partition coefficient (Wildman–Crippen LogP) is 2.24. The highest BCUT2D eigenvalue weighted by Gasteiger charge is 1.99. The summed E-state index contributed by atoms with van der Waals surface area (Å²) in [5.41, 5.74) is 1.29. The predicted molar refractivity (Wildman–Crippen MR) is 64.0 cm³/mol. The minimum Gasteiger partial charge on any atom is -0.490 e. The molecule has 1 rings (SSSR count). The number of aliphatic carboxylic acids is 1. The van der Waals surface area contributed by atoms with E-state index in [9.17, 15) is 4.79 Å². The van der Waals surface area contributed by atoms with Crippen LogP contribution < -0.4 is 4.74 Å². The molecule has 92 valence electrons.